The highest BCUT2D eigenvalue weighted by molar-refractivity contribution is 6.33. The van der Waals surface area contributed by atoms with Crippen molar-refractivity contribution in [2.75, 3.05) is 5.32 Å². The van der Waals surface area contributed by atoms with Gasteiger partial charge in [0.15, 0.2) is 5.82 Å². The summed E-state index contributed by atoms with van der Waals surface area (Å²) in [5, 5.41) is 4.94. The van der Waals surface area contributed by atoms with E-state index in [0.717, 1.165) is 31.7 Å². The first-order chi connectivity index (χ1) is 9.06. The largest absolute Gasteiger partial charge is 0.335 e. The summed E-state index contributed by atoms with van der Waals surface area (Å²) in [4.78, 5) is 11.7. The summed E-state index contributed by atoms with van der Waals surface area (Å²) in [6.07, 6.45) is 5.19. The van der Waals surface area contributed by atoms with Crippen LogP contribution in [0.4, 0.5) is 19.3 Å². The summed E-state index contributed by atoms with van der Waals surface area (Å²) in [7, 11) is 0. The topological polar surface area (TPSA) is 41.1 Å². The Kier molecular flexibility index (Phi) is 4.58. The van der Waals surface area contributed by atoms with Gasteiger partial charge < -0.3 is 10.6 Å². The number of amides is 2. The molecule has 1 aliphatic carbocycles. The number of anilines is 1. The molecule has 1 aromatic rings. The van der Waals surface area contributed by atoms with Crippen LogP contribution in [0.5, 0.6) is 0 Å². The zero-order chi connectivity index (χ0) is 13.8. The van der Waals surface area contributed by atoms with E-state index in [2.05, 4.69) is 10.6 Å². The monoisotopic (exact) mass is 288 g/mol. The SMILES string of the molecule is O=C(Nc1c(F)cc(F)cc1Cl)NC1CCCCC1. The molecule has 2 N–H and O–H groups in total. The van der Waals surface area contributed by atoms with E-state index in [1.165, 1.54) is 6.42 Å². The Morgan fingerprint density at radius 3 is 2.53 bits per heavy atom. The first kappa shape index (κ1) is 14.1. The minimum Gasteiger partial charge on any atom is -0.335 e. The lowest BCUT2D eigenvalue weighted by molar-refractivity contribution is 0.244. The number of urea groups is 1. The molecule has 104 valence electrons. The molecule has 1 aliphatic rings. The van der Waals surface area contributed by atoms with Gasteiger partial charge in [-0.15, -0.1) is 0 Å². The van der Waals surface area contributed by atoms with E-state index >= 15 is 0 Å². The zero-order valence-electron chi connectivity index (χ0n) is 10.3. The maximum absolute atomic E-state index is 13.5. The lowest BCUT2D eigenvalue weighted by atomic mass is 9.96. The summed E-state index contributed by atoms with van der Waals surface area (Å²) >= 11 is 5.70. The van der Waals surface area contributed by atoms with Crippen LogP contribution in [0.1, 0.15) is 32.1 Å². The first-order valence-electron chi connectivity index (χ1n) is 6.28. The number of hydrogen-bond donors (Lipinski definition) is 2. The van der Waals surface area contributed by atoms with Gasteiger partial charge in [-0.05, 0) is 18.9 Å². The number of nitrogens with one attached hydrogen (secondary N) is 2. The second kappa shape index (κ2) is 6.19. The van der Waals surface area contributed by atoms with Crippen molar-refractivity contribution in [2.24, 2.45) is 0 Å². The Hall–Kier alpha value is -1.36. The van der Waals surface area contributed by atoms with Crippen LogP contribution in [0.2, 0.25) is 5.02 Å². The molecule has 2 rings (SSSR count). The van der Waals surface area contributed by atoms with Gasteiger partial charge in [0.05, 0.1) is 10.7 Å². The number of carbonyl (C=O) groups excluding carboxylic acids is 1. The van der Waals surface area contributed by atoms with Crippen LogP contribution in [0, 0.1) is 11.6 Å². The predicted octanol–water partition coefficient (Wildman–Crippen LogP) is 4.07. The predicted molar refractivity (Wildman–Crippen MR) is 70.4 cm³/mol. The van der Waals surface area contributed by atoms with E-state index in [9.17, 15) is 13.6 Å². The highest BCUT2D eigenvalue weighted by Gasteiger charge is 2.18. The number of carbonyl (C=O) groups is 1. The van der Waals surface area contributed by atoms with Crippen LogP contribution in [-0.4, -0.2) is 12.1 Å². The fourth-order valence-electron chi connectivity index (χ4n) is 2.24. The summed E-state index contributed by atoms with van der Waals surface area (Å²) in [6, 6.07) is 1.23. The Bertz CT molecular complexity index is 453. The van der Waals surface area contributed by atoms with Crippen LogP contribution in [-0.2, 0) is 0 Å². The van der Waals surface area contributed by atoms with E-state index < -0.39 is 17.7 Å². The Morgan fingerprint density at radius 1 is 1.21 bits per heavy atom. The van der Waals surface area contributed by atoms with E-state index in [1.807, 2.05) is 0 Å². The van der Waals surface area contributed by atoms with Crippen LogP contribution < -0.4 is 10.6 Å². The molecule has 2 amide bonds. The van der Waals surface area contributed by atoms with Crippen LogP contribution in [0.15, 0.2) is 12.1 Å². The quantitative estimate of drug-likeness (QED) is 0.846. The van der Waals surface area contributed by atoms with E-state index in [4.69, 9.17) is 11.6 Å². The summed E-state index contributed by atoms with van der Waals surface area (Å²) in [5.41, 5.74) is -0.198. The van der Waals surface area contributed by atoms with Gasteiger partial charge >= 0.3 is 6.03 Å². The highest BCUT2D eigenvalue weighted by Crippen LogP contribution is 2.26. The molecule has 6 heteroatoms. The third-order valence-corrected chi connectivity index (χ3v) is 3.48. The molecule has 0 aliphatic heterocycles. The Labute approximate surface area is 115 Å². The molecule has 0 heterocycles. The third-order valence-electron chi connectivity index (χ3n) is 3.19. The van der Waals surface area contributed by atoms with E-state index in [-0.39, 0.29) is 16.8 Å². The molecule has 0 atom stereocenters. The fraction of sp³-hybridized carbons (Fsp3) is 0.462. The van der Waals surface area contributed by atoms with Crippen molar-refractivity contribution in [2.45, 2.75) is 38.1 Å². The van der Waals surface area contributed by atoms with E-state index in [1.54, 1.807) is 0 Å². The number of rotatable bonds is 2. The lowest BCUT2D eigenvalue weighted by Gasteiger charge is -2.23. The third kappa shape index (κ3) is 3.80. The van der Waals surface area contributed by atoms with E-state index in [0.29, 0.717) is 6.07 Å². The smallest absolute Gasteiger partial charge is 0.319 e. The normalized spacial score (nSPS) is 16.2. The Balaban J connectivity index is 1.98. The van der Waals surface area contributed by atoms with Gasteiger partial charge in [0.2, 0.25) is 0 Å². The van der Waals surface area contributed by atoms with Gasteiger partial charge in [0.25, 0.3) is 0 Å². The maximum Gasteiger partial charge on any atom is 0.319 e. The molecule has 19 heavy (non-hydrogen) atoms. The number of hydrogen-bond acceptors (Lipinski definition) is 1. The lowest BCUT2D eigenvalue weighted by Crippen LogP contribution is -2.39. The molecule has 0 unspecified atom stereocenters. The van der Waals surface area contributed by atoms with Crippen molar-refractivity contribution in [3.63, 3.8) is 0 Å². The average Bonchev–Trinajstić information content (AvgIpc) is 2.35. The molecule has 1 fully saturated rings. The second-order valence-corrected chi connectivity index (χ2v) is 5.09. The molecule has 1 aromatic carbocycles. The molecule has 0 aromatic heterocycles. The van der Waals surface area contributed by atoms with Gasteiger partial charge in [-0.2, -0.15) is 0 Å². The van der Waals surface area contributed by atoms with Crippen LogP contribution in [0.3, 0.4) is 0 Å². The molecule has 0 saturated heterocycles. The van der Waals surface area contributed by atoms with Gasteiger partial charge in [0, 0.05) is 12.1 Å². The minimum absolute atomic E-state index is 0.107. The van der Waals surface area contributed by atoms with Crippen molar-refractivity contribution < 1.29 is 13.6 Å². The maximum atomic E-state index is 13.5. The standard InChI is InChI=1S/C13H15ClF2N2O/c14-10-6-8(15)7-11(16)12(10)18-13(19)17-9-4-2-1-3-5-9/h6-7,9H,1-5H2,(H2,17,18,19). The van der Waals surface area contributed by atoms with Gasteiger partial charge in [-0.3, -0.25) is 0 Å². The molecular weight excluding hydrogens is 274 g/mol. The fourth-order valence-corrected chi connectivity index (χ4v) is 2.49. The van der Waals surface area contributed by atoms with Gasteiger partial charge in [-0.25, -0.2) is 13.6 Å². The van der Waals surface area contributed by atoms with Crippen molar-refractivity contribution in [3.8, 4) is 0 Å². The van der Waals surface area contributed by atoms with Gasteiger partial charge in [-0.1, -0.05) is 30.9 Å². The van der Waals surface area contributed by atoms with Crippen LogP contribution >= 0.6 is 11.6 Å². The molecule has 3 nitrogen and oxygen atoms in total. The number of halogens is 3. The number of benzene rings is 1. The van der Waals surface area contributed by atoms with Gasteiger partial charge in [0.1, 0.15) is 5.82 Å². The Morgan fingerprint density at radius 2 is 1.89 bits per heavy atom. The second-order valence-electron chi connectivity index (χ2n) is 4.68. The summed E-state index contributed by atoms with van der Waals surface area (Å²) in [5.74, 6) is -1.66. The molecule has 0 bridgehead atoms. The first-order valence-corrected chi connectivity index (χ1v) is 6.66. The molecule has 1 saturated carbocycles. The van der Waals surface area contributed by atoms with Crippen molar-refractivity contribution in [1.29, 1.82) is 0 Å². The molecular formula is C13H15ClF2N2O. The highest BCUT2D eigenvalue weighted by atomic mass is 35.5. The van der Waals surface area contributed by atoms with Crippen molar-refractivity contribution >= 4 is 23.3 Å². The summed E-state index contributed by atoms with van der Waals surface area (Å²) in [6.45, 7) is 0. The van der Waals surface area contributed by atoms with Crippen molar-refractivity contribution in [3.05, 3.63) is 28.8 Å². The zero-order valence-corrected chi connectivity index (χ0v) is 11.1. The average molecular weight is 289 g/mol. The molecule has 0 spiro atoms. The van der Waals surface area contributed by atoms with Crippen LogP contribution in [0.25, 0.3) is 0 Å². The van der Waals surface area contributed by atoms with Crippen molar-refractivity contribution in [1.82, 2.24) is 5.32 Å². The minimum atomic E-state index is -0.885. The molecule has 0 radical (unpaired) electrons. The summed E-state index contributed by atoms with van der Waals surface area (Å²) < 4.78 is 26.3.